The monoisotopic (exact) mass is 350 g/mol. The zero-order valence-corrected chi connectivity index (χ0v) is 14.6. The fraction of sp³-hybridized carbons (Fsp3) is 0.357. The summed E-state index contributed by atoms with van der Waals surface area (Å²) in [6.07, 6.45) is -0.548. The lowest BCUT2D eigenvalue weighted by Gasteiger charge is -2.07. The van der Waals surface area contributed by atoms with Gasteiger partial charge in [-0.25, -0.2) is 15.2 Å². The van der Waals surface area contributed by atoms with Gasteiger partial charge in [0.2, 0.25) is 5.95 Å². The third-order valence-corrected chi connectivity index (χ3v) is 3.77. The summed E-state index contributed by atoms with van der Waals surface area (Å²) < 4.78 is 9.09. The number of amides is 1. The van der Waals surface area contributed by atoms with Crippen LogP contribution in [0.3, 0.4) is 0 Å². The molecule has 0 unspecified atom stereocenters. The number of rotatable bonds is 5. The van der Waals surface area contributed by atoms with E-state index in [1.807, 2.05) is 6.92 Å². The molecular formula is C14H18N6O3S. The van der Waals surface area contributed by atoms with E-state index in [1.54, 1.807) is 20.8 Å². The van der Waals surface area contributed by atoms with E-state index in [9.17, 15) is 9.59 Å². The number of hydrogen-bond donors (Lipinski definition) is 3. The summed E-state index contributed by atoms with van der Waals surface area (Å²) in [4.78, 5) is 29.7. The smallest absolute Gasteiger partial charge is 0.412 e. The third-order valence-electron chi connectivity index (χ3n) is 2.91. The number of carbonyl (C=O) groups is 1. The molecule has 0 saturated heterocycles. The molecule has 2 aromatic heterocycles. The molecular weight excluding hydrogens is 332 g/mol. The number of aromatic amines is 1. The molecule has 0 aliphatic heterocycles. The number of aryl methyl sites for hydroxylation is 2. The van der Waals surface area contributed by atoms with Gasteiger partial charge in [-0.05, 0) is 39.2 Å². The Morgan fingerprint density at radius 1 is 1.46 bits per heavy atom. The van der Waals surface area contributed by atoms with Crippen molar-refractivity contribution in [2.24, 2.45) is 5.10 Å². The standard InChI is InChI=1S/C14H18N6O3S/c1-5-23-14(22)17-12-11(9(4)20-24-12)8(3)18-19-13-15-7(2)6-10(21)16-13/h6H,5H2,1-4H3,(H,17,22)(H2,15,16,19,21)/b18-8+. The average molecular weight is 350 g/mol. The van der Waals surface area contributed by atoms with Crippen LogP contribution in [0.2, 0.25) is 0 Å². The van der Waals surface area contributed by atoms with Crippen molar-refractivity contribution in [2.45, 2.75) is 27.7 Å². The summed E-state index contributed by atoms with van der Waals surface area (Å²) in [5.41, 5.74) is 5.00. The summed E-state index contributed by atoms with van der Waals surface area (Å²) in [7, 11) is 0. The van der Waals surface area contributed by atoms with E-state index >= 15 is 0 Å². The van der Waals surface area contributed by atoms with E-state index in [2.05, 4.69) is 30.2 Å². The highest BCUT2D eigenvalue weighted by molar-refractivity contribution is 7.11. The molecule has 24 heavy (non-hydrogen) atoms. The molecule has 2 rings (SSSR count). The maximum absolute atomic E-state index is 11.6. The largest absolute Gasteiger partial charge is 0.450 e. The fourth-order valence-electron chi connectivity index (χ4n) is 1.97. The molecule has 0 radical (unpaired) electrons. The molecule has 9 nitrogen and oxygen atoms in total. The molecule has 2 heterocycles. The van der Waals surface area contributed by atoms with Gasteiger partial charge in [-0.15, -0.1) is 0 Å². The molecule has 0 saturated carbocycles. The molecule has 0 atom stereocenters. The summed E-state index contributed by atoms with van der Waals surface area (Å²) >= 11 is 1.14. The van der Waals surface area contributed by atoms with Gasteiger partial charge in [0.1, 0.15) is 5.00 Å². The van der Waals surface area contributed by atoms with Gasteiger partial charge < -0.3 is 4.74 Å². The van der Waals surface area contributed by atoms with Crippen LogP contribution < -0.4 is 16.3 Å². The van der Waals surface area contributed by atoms with E-state index in [4.69, 9.17) is 4.74 Å². The first-order chi connectivity index (χ1) is 11.4. The SMILES string of the molecule is CCOC(=O)Nc1snc(C)c1/C(C)=N/Nc1nc(C)cc(=O)[nH]1. The van der Waals surface area contributed by atoms with E-state index in [0.717, 1.165) is 17.2 Å². The predicted octanol–water partition coefficient (Wildman–Crippen LogP) is 2.25. The van der Waals surface area contributed by atoms with Crippen molar-refractivity contribution in [2.75, 3.05) is 17.3 Å². The van der Waals surface area contributed by atoms with Gasteiger partial charge in [0.25, 0.3) is 5.56 Å². The number of ether oxygens (including phenoxy) is 1. The van der Waals surface area contributed by atoms with Crippen LogP contribution in [0.5, 0.6) is 0 Å². The maximum Gasteiger partial charge on any atom is 0.412 e. The molecule has 0 fully saturated rings. The van der Waals surface area contributed by atoms with E-state index in [-0.39, 0.29) is 18.1 Å². The third kappa shape index (κ3) is 4.38. The number of aromatic nitrogens is 3. The lowest BCUT2D eigenvalue weighted by atomic mass is 10.2. The van der Waals surface area contributed by atoms with Crippen LogP contribution in [-0.2, 0) is 4.74 Å². The number of anilines is 2. The molecule has 0 spiro atoms. The fourth-order valence-corrected chi connectivity index (χ4v) is 2.80. The van der Waals surface area contributed by atoms with Crippen LogP contribution >= 0.6 is 11.5 Å². The minimum atomic E-state index is -0.548. The van der Waals surface area contributed by atoms with Crippen LogP contribution in [0.1, 0.15) is 30.8 Å². The molecule has 0 aliphatic carbocycles. The lowest BCUT2D eigenvalue weighted by molar-refractivity contribution is 0.168. The van der Waals surface area contributed by atoms with E-state index < -0.39 is 6.09 Å². The Kier molecular flexibility index (Phi) is 5.64. The van der Waals surface area contributed by atoms with Gasteiger partial charge in [-0.1, -0.05) is 0 Å². The number of nitrogens with one attached hydrogen (secondary N) is 3. The highest BCUT2D eigenvalue weighted by atomic mass is 32.1. The Morgan fingerprint density at radius 3 is 2.88 bits per heavy atom. The van der Waals surface area contributed by atoms with Crippen LogP contribution in [0.4, 0.5) is 15.7 Å². The van der Waals surface area contributed by atoms with Gasteiger partial charge in [-0.3, -0.25) is 15.1 Å². The zero-order chi connectivity index (χ0) is 17.7. The van der Waals surface area contributed by atoms with Gasteiger partial charge in [0.15, 0.2) is 0 Å². The second kappa shape index (κ2) is 7.68. The lowest BCUT2D eigenvalue weighted by Crippen LogP contribution is -2.15. The Balaban J connectivity index is 2.22. The van der Waals surface area contributed by atoms with E-state index in [1.165, 1.54) is 6.07 Å². The van der Waals surface area contributed by atoms with Crippen molar-refractivity contribution in [1.29, 1.82) is 0 Å². The molecule has 128 valence electrons. The normalized spacial score (nSPS) is 11.2. The predicted molar refractivity (Wildman–Crippen MR) is 92.9 cm³/mol. The Hall–Kier alpha value is -2.75. The number of nitrogens with zero attached hydrogens (tertiary/aromatic N) is 3. The minimum absolute atomic E-state index is 0.236. The first kappa shape index (κ1) is 17.6. The highest BCUT2D eigenvalue weighted by Gasteiger charge is 2.16. The van der Waals surface area contributed by atoms with Crippen LogP contribution in [0, 0.1) is 13.8 Å². The van der Waals surface area contributed by atoms with Crippen molar-refractivity contribution >= 4 is 34.3 Å². The molecule has 3 N–H and O–H groups in total. The summed E-state index contributed by atoms with van der Waals surface area (Å²) in [6, 6.07) is 1.38. The van der Waals surface area contributed by atoms with Crippen molar-refractivity contribution in [1.82, 2.24) is 14.3 Å². The van der Waals surface area contributed by atoms with Crippen LogP contribution in [-0.4, -0.2) is 32.8 Å². The molecule has 10 heteroatoms. The van der Waals surface area contributed by atoms with Gasteiger partial charge >= 0.3 is 6.09 Å². The first-order valence-corrected chi connectivity index (χ1v) is 7.96. The van der Waals surface area contributed by atoms with Gasteiger partial charge in [0.05, 0.1) is 23.6 Å². The van der Waals surface area contributed by atoms with Crippen LogP contribution in [0.15, 0.2) is 16.0 Å². The van der Waals surface area contributed by atoms with Crippen molar-refractivity contribution < 1.29 is 9.53 Å². The molecule has 0 aliphatic rings. The average Bonchev–Trinajstić information content (AvgIpc) is 2.85. The Bertz CT molecular complexity index is 826. The minimum Gasteiger partial charge on any atom is -0.450 e. The summed E-state index contributed by atoms with van der Waals surface area (Å²) in [6.45, 7) is 7.29. The Labute approximate surface area is 142 Å². The quantitative estimate of drug-likeness (QED) is 0.562. The van der Waals surface area contributed by atoms with Gasteiger partial charge in [0, 0.05) is 11.8 Å². The molecule has 0 aromatic carbocycles. The molecule has 1 amide bonds. The first-order valence-electron chi connectivity index (χ1n) is 7.19. The second-order valence-electron chi connectivity index (χ2n) is 4.86. The summed E-state index contributed by atoms with van der Waals surface area (Å²) in [5.74, 6) is 0.236. The van der Waals surface area contributed by atoms with E-state index in [0.29, 0.717) is 22.0 Å². The van der Waals surface area contributed by atoms with Gasteiger partial charge in [-0.2, -0.15) is 9.47 Å². The van der Waals surface area contributed by atoms with Crippen molar-refractivity contribution in [3.05, 3.63) is 33.4 Å². The Morgan fingerprint density at radius 2 is 2.21 bits per heavy atom. The maximum atomic E-state index is 11.6. The number of hydrogen-bond acceptors (Lipinski definition) is 8. The molecule has 2 aromatic rings. The number of hydrazone groups is 1. The molecule has 0 bridgehead atoms. The van der Waals surface area contributed by atoms with Crippen molar-refractivity contribution in [3.63, 3.8) is 0 Å². The number of H-pyrrole nitrogens is 1. The number of carbonyl (C=O) groups excluding carboxylic acids is 1. The topological polar surface area (TPSA) is 121 Å². The zero-order valence-electron chi connectivity index (χ0n) is 13.8. The second-order valence-corrected chi connectivity index (χ2v) is 5.64. The van der Waals surface area contributed by atoms with Crippen molar-refractivity contribution in [3.8, 4) is 0 Å². The van der Waals surface area contributed by atoms with Crippen LogP contribution in [0.25, 0.3) is 0 Å². The summed E-state index contributed by atoms with van der Waals surface area (Å²) in [5, 5.41) is 7.39. The highest BCUT2D eigenvalue weighted by Crippen LogP contribution is 2.25.